The van der Waals surface area contributed by atoms with Crippen LogP contribution < -0.4 is 5.32 Å². The van der Waals surface area contributed by atoms with Gasteiger partial charge < -0.3 is 9.88 Å². The van der Waals surface area contributed by atoms with Gasteiger partial charge in [0.25, 0.3) is 0 Å². The molecule has 0 aliphatic carbocycles. The fourth-order valence-corrected chi connectivity index (χ4v) is 4.67. The molecule has 1 aliphatic rings. The van der Waals surface area contributed by atoms with Crippen molar-refractivity contribution in [2.75, 3.05) is 11.5 Å². The van der Waals surface area contributed by atoms with Crippen LogP contribution in [-0.2, 0) is 21.2 Å². The van der Waals surface area contributed by atoms with Crippen molar-refractivity contribution in [2.45, 2.75) is 25.9 Å². The summed E-state index contributed by atoms with van der Waals surface area (Å²) >= 11 is 0. The molecule has 1 aliphatic heterocycles. The molecule has 3 rings (SSSR count). The van der Waals surface area contributed by atoms with Crippen molar-refractivity contribution in [3.05, 3.63) is 36.0 Å². The Morgan fingerprint density at radius 2 is 2.04 bits per heavy atom. The van der Waals surface area contributed by atoms with Crippen LogP contribution in [0.3, 0.4) is 0 Å². The van der Waals surface area contributed by atoms with Crippen LogP contribution in [0, 0.1) is 0 Å². The van der Waals surface area contributed by atoms with E-state index in [1.807, 2.05) is 24.3 Å². The van der Waals surface area contributed by atoms with Gasteiger partial charge in [0.2, 0.25) is 5.91 Å². The number of Topliss-reactive ketones (excluding diaryl/α,β-unsaturated/α-hetero) is 1. The molecule has 122 valence electrons. The van der Waals surface area contributed by atoms with Crippen molar-refractivity contribution in [1.82, 2.24) is 9.88 Å². The normalized spacial score (nSPS) is 19.8. The number of hydrogen-bond acceptors (Lipinski definition) is 4. The summed E-state index contributed by atoms with van der Waals surface area (Å²) in [5, 5.41) is 3.58. The molecule has 1 aromatic carbocycles. The maximum absolute atomic E-state index is 12.2. The number of sulfone groups is 1. The molecule has 23 heavy (non-hydrogen) atoms. The van der Waals surface area contributed by atoms with Gasteiger partial charge >= 0.3 is 0 Å². The Balaban J connectivity index is 1.79. The number of para-hydroxylation sites is 1. The number of ketones is 1. The first-order valence-electron chi connectivity index (χ1n) is 7.44. The van der Waals surface area contributed by atoms with E-state index < -0.39 is 9.84 Å². The summed E-state index contributed by atoms with van der Waals surface area (Å²) in [4.78, 5) is 23.9. The lowest BCUT2D eigenvalue weighted by Gasteiger charge is -2.11. The van der Waals surface area contributed by atoms with E-state index in [2.05, 4.69) is 5.32 Å². The van der Waals surface area contributed by atoms with E-state index in [1.54, 1.807) is 10.8 Å². The van der Waals surface area contributed by atoms with E-state index in [4.69, 9.17) is 0 Å². The summed E-state index contributed by atoms with van der Waals surface area (Å²) in [6.45, 7) is 1.56. The Bertz CT molecular complexity index is 883. The highest BCUT2D eigenvalue weighted by molar-refractivity contribution is 7.91. The maximum atomic E-state index is 12.2. The van der Waals surface area contributed by atoms with Crippen LogP contribution in [0.15, 0.2) is 30.5 Å². The summed E-state index contributed by atoms with van der Waals surface area (Å²) in [6, 6.07) is 7.09. The number of aromatic nitrogens is 1. The second-order valence-electron chi connectivity index (χ2n) is 5.91. The molecule has 7 heteroatoms. The summed E-state index contributed by atoms with van der Waals surface area (Å²) < 4.78 is 24.6. The molecule has 0 bridgehead atoms. The van der Waals surface area contributed by atoms with E-state index in [0.29, 0.717) is 12.0 Å². The molecular formula is C16H18N2O4S. The average molecular weight is 334 g/mol. The summed E-state index contributed by atoms with van der Waals surface area (Å²) in [6.07, 6.45) is 2.14. The van der Waals surface area contributed by atoms with Crippen molar-refractivity contribution in [3.63, 3.8) is 0 Å². The van der Waals surface area contributed by atoms with Crippen molar-refractivity contribution < 1.29 is 18.0 Å². The van der Waals surface area contributed by atoms with Crippen LogP contribution in [-0.4, -0.2) is 42.2 Å². The number of carbonyl (C=O) groups is 2. The van der Waals surface area contributed by atoms with Crippen LogP contribution in [0.2, 0.25) is 0 Å². The maximum Gasteiger partial charge on any atom is 0.240 e. The lowest BCUT2D eigenvalue weighted by molar-refractivity contribution is -0.122. The quantitative estimate of drug-likeness (QED) is 0.850. The highest BCUT2D eigenvalue weighted by Crippen LogP contribution is 2.21. The highest BCUT2D eigenvalue weighted by atomic mass is 32.2. The van der Waals surface area contributed by atoms with E-state index in [1.165, 1.54) is 6.92 Å². The number of nitrogens with one attached hydrogen (secondary N) is 1. The lowest BCUT2D eigenvalue weighted by Crippen LogP contribution is -2.37. The number of benzene rings is 1. The SMILES string of the molecule is CC(=O)c1cn(CC(=O)N[C@@H]2CCS(=O)(=O)C2)c2ccccc12. The van der Waals surface area contributed by atoms with Crippen LogP contribution >= 0.6 is 0 Å². The Kier molecular flexibility index (Phi) is 3.97. The molecular weight excluding hydrogens is 316 g/mol. The number of rotatable bonds is 4. The Morgan fingerprint density at radius 1 is 1.30 bits per heavy atom. The number of carbonyl (C=O) groups excluding carboxylic acids is 2. The van der Waals surface area contributed by atoms with Crippen LogP contribution in [0.4, 0.5) is 0 Å². The van der Waals surface area contributed by atoms with Crippen molar-refractivity contribution in [2.24, 2.45) is 0 Å². The molecule has 0 spiro atoms. The largest absolute Gasteiger partial charge is 0.351 e. The molecule has 1 N–H and O–H groups in total. The molecule has 1 aromatic heterocycles. The topological polar surface area (TPSA) is 85.2 Å². The number of fused-ring (bicyclic) bond motifs is 1. The van der Waals surface area contributed by atoms with Crippen molar-refractivity contribution in [1.29, 1.82) is 0 Å². The fraction of sp³-hybridized carbons (Fsp3) is 0.375. The number of hydrogen-bond donors (Lipinski definition) is 1. The first-order valence-corrected chi connectivity index (χ1v) is 9.26. The van der Waals surface area contributed by atoms with E-state index in [9.17, 15) is 18.0 Å². The zero-order valence-corrected chi connectivity index (χ0v) is 13.6. The third-order valence-electron chi connectivity index (χ3n) is 4.08. The van der Waals surface area contributed by atoms with Gasteiger partial charge in [0, 0.05) is 28.7 Å². The van der Waals surface area contributed by atoms with Crippen molar-refractivity contribution in [3.8, 4) is 0 Å². The smallest absolute Gasteiger partial charge is 0.240 e. The molecule has 1 saturated heterocycles. The van der Waals surface area contributed by atoms with Crippen molar-refractivity contribution >= 4 is 32.4 Å². The van der Waals surface area contributed by atoms with Gasteiger partial charge in [-0.15, -0.1) is 0 Å². The first-order chi connectivity index (χ1) is 10.9. The molecule has 6 nitrogen and oxygen atoms in total. The molecule has 0 radical (unpaired) electrons. The van der Waals surface area contributed by atoms with Gasteiger partial charge in [-0.2, -0.15) is 0 Å². The van der Waals surface area contributed by atoms with Crippen LogP contribution in [0.25, 0.3) is 10.9 Å². The number of amides is 1. The highest BCUT2D eigenvalue weighted by Gasteiger charge is 2.29. The third kappa shape index (κ3) is 3.29. The minimum absolute atomic E-state index is 0.00383. The molecule has 0 saturated carbocycles. The van der Waals surface area contributed by atoms with Gasteiger partial charge in [-0.3, -0.25) is 9.59 Å². The monoisotopic (exact) mass is 334 g/mol. The lowest BCUT2D eigenvalue weighted by atomic mass is 10.1. The van der Waals surface area contributed by atoms with Gasteiger partial charge in [-0.25, -0.2) is 8.42 Å². The predicted molar refractivity (Wildman–Crippen MR) is 87.1 cm³/mol. The van der Waals surface area contributed by atoms with Crippen LogP contribution in [0.1, 0.15) is 23.7 Å². The third-order valence-corrected chi connectivity index (χ3v) is 5.85. The van der Waals surface area contributed by atoms with Crippen LogP contribution in [0.5, 0.6) is 0 Å². The summed E-state index contributed by atoms with van der Waals surface area (Å²) in [5.74, 6) is -0.173. The second-order valence-corrected chi connectivity index (χ2v) is 8.14. The number of nitrogens with zero attached hydrogens (tertiary/aromatic N) is 1. The molecule has 1 amide bonds. The molecule has 2 aromatic rings. The zero-order chi connectivity index (χ0) is 16.6. The van der Waals surface area contributed by atoms with Gasteiger partial charge in [0.1, 0.15) is 6.54 Å². The first kappa shape index (κ1) is 15.7. The predicted octanol–water partition coefficient (Wildman–Crippen LogP) is 1.15. The molecule has 1 fully saturated rings. The van der Waals surface area contributed by atoms with Gasteiger partial charge in [-0.1, -0.05) is 18.2 Å². The van der Waals surface area contributed by atoms with Gasteiger partial charge in [0.05, 0.1) is 11.5 Å². The van der Waals surface area contributed by atoms with E-state index >= 15 is 0 Å². The minimum Gasteiger partial charge on any atom is -0.351 e. The second kappa shape index (κ2) is 5.81. The molecule has 1 atom stereocenters. The Morgan fingerprint density at radius 3 is 2.70 bits per heavy atom. The van der Waals surface area contributed by atoms with E-state index in [-0.39, 0.29) is 35.8 Å². The zero-order valence-electron chi connectivity index (χ0n) is 12.8. The van der Waals surface area contributed by atoms with Gasteiger partial charge in [0.15, 0.2) is 15.6 Å². The molecule has 2 heterocycles. The Hall–Kier alpha value is -2.15. The summed E-state index contributed by atoms with van der Waals surface area (Å²) in [7, 11) is -3.02. The minimum atomic E-state index is -3.02. The van der Waals surface area contributed by atoms with E-state index in [0.717, 1.165) is 10.9 Å². The van der Waals surface area contributed by atoms with Gasteiger partial charge in [-0.05, 0) is 19.4 Å². The average Bonchev–Trinajstić information content (AvgIpc) is 3.00. The standard InChI is InChI=1S/C16H18N2O4S/c1-11(19)14-8-18(15-5-3-2-4-13(14)15)9-16(20)17-12-6-7-23(21,22)10-12/h2-5,8,12H,6-7,9-10H2,1H3,(H,17,20)/t12-/m1/s1. The fourth-order valence-electron chi connectivity index (χ4n) is 3.00. The molecule has 0 unspecified atom stereocenters. The summed E-state index contributed by atoms with van der Waals surface area (Å²) in [5.41, 5.74) is 1.39. The Labute approximate surface area is 134 Å².